The quantitative estimate of drug-likeness (QED) is 0.175. The molecule has 0 aliphatic rings. The first kappa shape index (κ1) is 37.0. The summed E-state index contributed by atoms with van der Waals surface area (Å²) in [6.07, 6.45) is 1.78. The Hall–Kier alpha value is -4.73. The van der Waals surface area contributed by atoms with Gasteiger partial charge in [-0.3, -0.25) is 9.55 Å². The maximum atomic E-state index is 11.2. The minimum Gasteiger partial charge on any atom is -0.506 e. The molecule has 7 rings (SSSR count). The van der Waals surface area contributed by atoms with Crippen molar-refractivity contribution < 1.29 is 30.9 Å². The summed E-state index contributed by atoms with van der Waals surface area (Å²) >= 11 is 0. The fourth-order valence-electron chi connectivity index (χ4n) is 6.62. The molecular weight excluding hydrogens is 822 g/mol. The van der Waals surface area contributed by atoms with Gasteiger partial charge in [-0.2, -0.15) is 0 Å². The minimum absolute atomic E-state index is 0. The van der Waals surface area contributed by atoms with Gasteiger partial charge >= 0.3 is 0 Å². The van der Waals surface area contributed by atoms with E-state index in [0.717, 1.165) is 55.4 Å². The van der Waals surface area contributed by atoms with Crippen molar-refractivity contribution in [3.8, 4) is 45.5 Å². The zero-order valence-corrected chi connectivity index (χ0v) is 33.7. The summed E-state index contributed by atoms with van der Waals surface area (Å²) in [6, 6.07) is 38.5. The third-order valence-corrected chi connectivity index (χ3v) is 9.56. The Balaban J connectivity index is 0.00000464. The van der Waals surface area contributed by atoms with Crippen molar-refractivity contribution in [2.24, 2.45) is 0 Å². The summed E-state index contributed by atoms with van der Waals surface area (Å²) in [5.74, 6) is 1.27. The molecule has 0 fully saturated rings. The molecule has 0 radical (unpaired) electrons. The molecular formula is C46H46N3O2Pt-. The molecule has 4 aromatic carbocycles. The molecule has 0 aliphatic carbocycles. The summed E-state index contributed by atoms with van der Waals surface area (Å²) in [5, 5.41) is 13.3. The molecule has 268 valence electrons. The molecule has 0 bridgehead atoms. The summed E-state index contributed by atoms with van der Waals surface area (Å²) in [7, 11) is 0. The van der Waals surface area contributed by atoms with Crippen LogP contribution in [0.4, 0.5) is 0 Å². The van der Waals surface area contributed by atoms with Gasteiger partial charge in [-0.1, -0.05) is 135 Å². The van der Waals surface area contributed by atoms with E-state index in [1.807, 2.05) is 48.5 Å². The fourth-order valence-corrected chi connectivity index (χ4v) is 6.62. The minimum atomic E-state index is -0.250. The van der Waals surface area contributed by atoms with E-state index in [-0.39, 0.29) is 43.1 Å². The molecule has 0 saturated carbocycles. The van der Waals surface area contributed by atoms with E-state index in [0.29, 0.717) is 17.3 Å². The van der Waals surface area contributed by atoms with Crippen LogP contribution in [0.5, 0.6) is 17.4 Å². The van der Waals surface area contributed by atoms with Crippen LogP contribution in [0.25, 0.3) is 50.0 Å². The van der Waals surface area contributed by atoms with Gasteiger partial charge in [0.2, 0.25) is 5.88 Å². The molecule has 7 aromatic rings. The second-order valence-electron chi connectivity index (χ2n) is 16.6. The number of aromatic nitrogens is 3. The molecule has 6 heteroatoms. The Kier molecular flexibility index (Phi) is 9.74. The average molecular weight is 868 g/mol. The molecule has 52 heavy (non-hydrogen) atoms. The summed E-state index contributed by atoms with van der Waals surface area (Å²) in [6.45, 7) is 20.0. The number of aromatic hydroxyl groups is 1. The molecule has 3 aromatic heterocycles. The fraction of sp³-hybridized carbons (Fsp3) is 0.261. The molecule has 0 aliphatic heterocycles. The number of benzene rings is 4. The predicted molar refractivity (Wildman–Crippen MR) is 210 cm³/mol. The Morgan fingerprint density at radius 1 is 0.654 bits per heavy atom. The second kappa shape index (κ2) is 13.7. The number of hydrogen-bond acceptors (Lipinski definition) is 4. The van der Waals surface area contributed by atoms with Crippen molar-refractivity contribution in [3.05, 3.63) is 132 Å². The third-order valence-electron chi connectivity index (χ3n) is 9.56. The van der Waals surface area contributed by atoms with E-state index in [1.165, 1.54) is 5.56 Å². The van der Waals surface area contributed by atoms with Crippen molar-refractivity contribution in [2.45, 2.75) is 78.6 Å². The number of hydrogen-bond donors (Lipinski definition) is 1. The normalized spacial score (nSPS) is 12.2. The topological polar surface area (TPSA) is 60.2 Å². The van der Waals surface area contributed by atoms with E-state index in [2.05, 4.69) is 126 Å². The van der Waals surface area contributed by atoms with Crippen LogP contribution in [0.3, 0.4) is 0 Å². The van der Waals surface area contributed by atoms with Gasteiger partial charge in [0.15, 0.2) is 0 Å². The molecule has 0 atom stereocenters. The average Bonchev–Trinajstić information content (AvgIpc) is 3.40. The van der Waals surface area contributed by atoms with E-state index in [4.69, 9.17) is 9.72 Å². The summed E-state index contributed by atoms with van der Waals surface area (Å²) < 4.78 is 8.61. The second-order valence-corrected chi connectivity index (χ2v) is 16.6. The van der Waals surface area contributed by atoms with Gasteiger partial charge < -0.3 is 9.84 Å². The maximum absolute atomic E-state index is 11.2. The summed E-state index contributed by atoms with van der Waals surface area (Å²) in [5.41, 5.74) is 9.22. The standard InChI is InChI=1S/C46H46N3O2.Pt/c1-44(2,3)32-19-20-38-35(27-32)36-28-37(46(7,8)9)42(48-43(36)49(38)39-17-13-14-18-40(39)50)31-23-33(45(4,5)6)26-34(24-31)51-41-25-30(21-22-47-41)29-15-11-10-12-16-29;/h10-23,25-28,50H,1-9H3;/q-1;. The number of phenols is 1. The molecule has 0 unspecified atom stereocenters. The first-order valence-electron chi connectivity index (χ1n) is 17.6. The van der Waals surface area contributed by atoms with E-state index in [1.54, 1.807) is 12.3 Å². The van der Waals surface area contributed by atoms with Crippen LogP contribution in [0.15, 0.2) is 109 Å². The van der Waals surface area contributed by atoms with Gasteiger partial charge in [0.05, 0.1) is 11.2 Å². The Bertz CT molecular complexity index is 2410. The van der Waals surface area contributed by atoms with Crippen LogP contribution in [0.2, 0.25) is 0 Å². The van der Waals surface area contributed by atoms with E-state index < -0.39 is 0 Å². The number of para-hydroxylation sites is 2. The SMILES string of the molecule is CC(C)(C)c1cc(Oc2cc(-c3ccccc3)ccn2)[c-]c(-c2nc3c(cc2C(C)(C)C)c2cc(C(C)(C)C)ccc2n3-c2ccccc2O)c1.[Pt]. The van der Waals surface area contributed by atoms with Gasteiger partial charge in [0.25, 0.3) is 0 Å². The van der Waals surface area contributed by atoms with Gasteiger partial charge in [0.1, 0.15) is 11.4 Å². The van der Waals surface area contributed by atoms with Crippen LogP contribution < -0.4 is 4.74 Å². The first-order chi connectivity index (χ1) is 24.1. The Morgan fingerprint density at radius 2 is 1.35 bits per heavy atom. The monoisotopic (exact) mass is 867 g/mol. The van der Waals surface area contributed by atoms with E-state index in [9.17, 15) is 5.11 Å². The Morgan fingerprint density at radius 3 is 2.02 bits per heavy atom. The molecule has 1 N–H and O–H groups in total. The molecule has 0 spiro atoms. The predicted octanol–water partition coefficient (Wildman–Crippen LogP) is 12.1. The van der Waals surface area contributed by atoms with Crippen LogP contribution in [0.1, 0.15) is 79.0 Å². The van der Waals surface area contributed by atoms with E-state index >= 15 is 0 Å². The third kappa shape index (κ3) is 7.17. The number of ether oxygens (including phenoxy) is 1. The smallest absolute Gasteiger partial charge is 0.217 e. The maximum Gasteiger partial charge on any atom is 0.217 e. The van der Waals surface area contributed by atoms with Crippen molar-refractivity contribution in [3.63, 3.8) is 0 Å². The molecule has 3 heterocycles. The zero-order valence-electron chi connectivity index (χ0n) is 31.4. The number of fused-ring (bicyclic) bond motifs is 3. The van der Waals surface area contributed by atoms with Gasteiger partial charge in [0, 0.05) is 49.9 Å². The largest absolute Gasteiger partial charge is 0.506 e. The van der Waals surface area contributed by atoms with Gasteiger partial charge in [-0.05, 0) is 69.0 Å². The van der Waals surface area contributed by atoms with Crippen molar-refractivity contribution in [2.75, 3.05) is 0 Å². The zero-order chi connectivity index (χ0) is 36.3. The molecule has 5 nitrogen and oxygen atoms in total. The van der Waals surface area contributed by atoms with Crippen molar-refractivity contribution >= 4 is 21.9 Å². The van der Waals surface area contributed by atoms with Crippen LogP contribution in [-0.2, 0) is 37.3 Å². The van der Waals surface area contributed by atoms with Crippen molar-refractivity contribution in [1.82, 2.24) is 14.5 Å². The summed E-state index contributed by atoms with van der Waals surface area (Å²) in [4.78, 5) is 10.1. The number of pyridine rings is 2. The molecule has 0 amide bonds. The van der Waals surface area contributed by atoms with Gasteiger partial charge in [-0.15, -0.1) is 17.2 Å². The number of nitrogens with zero attached hydrogens (tertiary/aromatic N) is 3. The first-order valence-corrected chi connectivity index (χ1v) is 17.6. The van der Waals surface area contributed by atoms with Gasteiger partial charge in [-0.25, -0.2) is 4.98 Å². The number of phenolic OH excluding ortho intramolecular Hbond substituents is 1. The van der Waals surface area contributed by atoms with Crippen LogP contribution >= 0.6 is 0 Å². The number of rotatable bonds is 5. The van der Waals surface area contributed by atoms with Crippen molar-refractivity contribution in [1.29, 1.82) is 0 Å². The van der Waals surface area contributed by atoms with Crippen LogP contribution in [0, 0.1) is 6.07 Å². The van der Waals surface area contributed by atoms with Crippen LogP contribution in [-0.4, -0.2) is 19.6 Å². The Labute approximate surface area is 322 Å². The molecule has 0 saturated heterocycles.